The molecule has 0 saturated heterocycles. The molecule has 3 rings (SSSR count). The highest BCUT2D eigenvalue weighted by Crippen LogP contribution is 2.22. The Balaban J connectivity index is 1.72. The van der Waals surface area contributed by atoms with Gasteiger partial charge in [0.05, 0.1) is 12.7 Å². The van der Waals surface area contributed by atoms with E-state index in [1.54, 1.807) is 24.3 Å². The number of nitrogens with zero attached hydrogens (tertiary/aromatic N) is 1. The molecule has 0 atom stereocenters. The van der Waals surface area contributed by atoms with Gasteiger partial charge in [0.25, 0.3) is 0 Å². The summed E-state index contributed by atoms with van der Waals surface area (Å²) in [7, 11) is 1.34. The first-order valence-electron chi connectivity index (χ1n) is 10.0. The Labute approximate surface area is 182 Å². The zero-order valence-corrected chi connectivity index (χ0v) is 17.6. The third-order valence-electron chi connectivity index (χ3n) is 4.27. The molecule has 0 aliphatic rings. The fourth-order valence-electron chi connectivity index (χ4n) is 2.70. The van der Waals surface area contributed by atoms with Gasteiger partial charge in [-0.1, -0.05) is 36.3 Å². The van der Waals surface area contributed by atoms with E-state index >= 15 is 0 Å². The lowest BCUT2D eigenvalue weighted by atomic mass is 10.1. The minimum atomic E-state index is -0.417. The molecular weight excluding hydrogens is 394 g/mol. The Morgan fingerprint density at radius 2 is 1.55 bits per heavy atom. The smallest absolute Gasteiger partial charge is 0.337 e. The van der Waals surface area contributed by atoms with Crippen molar-refractivity contribution in [3.05, 3.63) is 90.0 Å². The summed E-state index contributed by atoms with van der Waals surface area (Å²) in [5, 5.41) is 4.25. The Kier molecular flexibility index (Phi) is 8.05. The number of benzene rings is 3. The van der Waals surface area contributed by atoms with E-state index in [1.807, 2.05) is 61.5 Å². The van der Waals surface area contributed by atoms with Crippen molar-refractivity contribution in [3.63, 3.8) is 0 Å². The number of methoxy groups -OCH3 is 1. The van der Waals surface area contributed by atoms with E-state index < -0.39 is 5.97 Å². The number of ether oxygens (including phenoxy) is 3. The SMILES string of the molecule is CCCO/N=C(\COc1cccc(C(=O)OC)c1)c1ccc(Oc2ccccc2)cc1. The predicted octanol–water partition coefficient (Wildman–Crippen LogP) is 5.48. The van der Waals surface area contributed by atoms with Crippen LogP contribution in [0.5, 0.6) is 17.2 Å². The molecule has 0 unspecified atom stereocenters. The Morgan fingerprint density at radius 3 is 2.26 bits per heavy atom. The fraction of sp³-hybridized carbons (Fsp3) is 0.200. The van der Waals surface area contributed by atoms with Crippen molar-refractivity contribution in [3.8, 4) is 17.2 Å². The van der Waals surface area contributed by atoms with Crippen LogP contribution in [0.25, 0.3) is 0 Å². The lowest BCUT2D eigenvalue weighted by Gasteiger charge is -2.11. The molecule has 0 amide bonds. The minimum absolute atomic E-state index is 0.174. The van der Waals surface area contributed by atoms with Crippen molar-refractivity contribution in [1.29, 1.82) is 0 Å². The average Bonchev–Trinajstić information content (AvgIpc) is 2.82. The quantitative estimate of drug-likeness (QED) is 0.189. The second-order valence-corrected chi connectivity index (χ2v) is 6.62. The van der Waals surface area contributed by atoms with Crippen molar-refractivity contribution in [1.82, 2.24) is 0 Å². The fourth-order valence-corrected chi connectivity index (χ4v) is 2.70. The molecule has 6 nitrogen and oxygen atoms in total. The van der Waals surface area contributed by atoms with Crippen molar-refractivity contribution < 1.29 is 23.8 Å². The third kappa shape index (κ3) is 6.60. The van der Waals surface area contributed by atoms with Gasteiger partial charge in [-0.2, -0.15) is 0 Å². The van der Waals surface area contributed by atoms with Gasteiger partial charge in [0.15, 0.2) is 0 Å². The van der Waals surface area contributed by atoms with E-state index in [-0.39, 0.29) is 6.61 Å². The maximum absolute atomic E-state index is 11.7. The zero-order chi connectivity index (χ0) is 21.9. The molecular formula is C25H25NO5. The lowest BCUT2D eigenvalue weighted by molar-refractivity contribution is 0.0600. The largest absolute Gasteiger partial charge is 0.487 e. The number of para-hydroxylation sites is 1. The monoisotopic (exact) mass is 419 g/mol. The standard InChI is InChI=1S/C25H25NO5/c1-3-16-30-26-24(18-29-23-11-7-8-20(17-23)25(27)28-2)19-12-14-22(15-13-19)31-21-9-5-4-6-10-21/h4-15,17H,3,16,18H2,1-2H3/b26-24+. The molecule has 160 valence electrons. The molecule has 3 aromatic carbocycles. The first kappa shape index (κ1) is 21.9. The van der Waals surface area contributed by atoms with Crippen molar-refractivity contribution >= 4 is 11.7 Å². The van der Waals surface area contributed by atoms with E-state index in [9.17, 15) is 4.79 Å². The molecule has 0 aliphatic carbocycles. The van der Waals surface area contributed by atoms with Gasteiger partial charge in [-0.25, -0.2) is 4.79 Å². The van der Waals surface area contributed by atoms with Gasteiger partial charge in [0.1, 0.15) is 36.2 Å². The van der Waals surface area contributed by atoms with Crippen LogP contribution in [0, 0.1) is 0 Å². The van der Waals surface area contributed by atoms with Gasteiger partial charge in [-0.05, 0) is 61.0 Å². The van der Waals surface area contributed by atoms with Gasteiger partial charge in [0, 0.05) is 5.56 Å². The van der Waals surface area contributed by atoms with Crippen LogP contribution in [0.3, 0.4) is 0 Å². The van der Waals surface area contributed by atoms with Crippen molar-refractivity contribution in [2.75, 3.05) is 20.3 Å². The third-order valence-corrected chi connectivity index (χ3v) is 4.27. The van der Waals surface area contributed by atoms with Gasteiger partial charge in [-0.3, -0.25) is 0 Å². The Morgan fingerprint density at radius 1 is 0.839 bits per heavy atom. The number of hydrogen-bond donors (Lipinski definition) is 0. The molecule has 0 fully saturated rings. The highest BCUT2D eigenvalue weighted by molar-refractivity contribution is 6.01. The summed E-state index contributed by atoms with van der Waals surface area (Å²) < 4.78 is 16.5. The highest BCUT2D eigenvalue weighted by atomic mass is 16.6. The number of rotatable bonds is 10. The maximum Gasteiger partial charge on any atom is 0.337 e. The number of oxime groups is 1. The normalized spacial score (nSPS) is 11.0. The highest BCUT2D eigenvalue weighted by Gasteiger charge is 2.10. The Hall–Kier alpha value is -3.80. The molecule has 0 radical (unpaired) electrons. The van der Waals surface area contributed by atoms with Gasteiger partial charge >= 0.3 is 5.97 Å². The van der Waals surface area contributed by atoms with Crippen LogP contribution in [0.1, 0.15) is 29.3 Å². The molecule has 31 heavy (non-hydrogen) atoms. The van der Waals surface area contributed by atoms with Crippen LogP contribution in [0.4, 0.5) is 0 Å². The molecule has 0 bridgehead atoms. The van der Waals surface area contributed by atoms with E-state index in [4.69, 9.17) is 19.0 Å². The lowest BCUT2D eigenvalue weighted by Crippen LogP contribution is -2.14. The summed E-state index contributed by atoms with van der Waals surface area (Å²) in [6, 6.07) is 23.9. The number of carbonyl (C=O) groups is 1. The molecule has 0 N–H and O–H groups in total. The van der Waals surface area contributed by atoms with Crippen molar-refractivity contribution in [2.45, 2.75) is 13.3 Å². The van der Waals surface area contributed by atoms with Crippen LogP contribution in [-0.2, 0) is 9.57 Å². The second kappa shape index (κ2) is 11.4. The first-order valence-corrected chi connectivity index (χ1v) is 10.0. The molecule has 0 aliphatic heterocycles. The number of carbonyl (C=O) groups excluding carboxylic acids is 1. The van der Waals surface area contributed by atoms with Crippen LogP contribution in [-0.4, -0.2) is 32.0 Å². The van der Waals surface area contributed by atoms with E-state index in [0.29, 0.717) is 23.6 Å². The summed E-state index contributed by atoms with van der Waals surface area (Å²) in [5.41, 5.74) is 1.90. The predicted molar refractivity (Wildman–Crippen MR) is 119 cm³/mol. The minimum Gasteiger partial charge on any atom is -0.487 e. The molecule has 6 heteroatoms. The average molecular weight is 419 g/mol. The van der Waals surface area contributed by atoms with Crippen LogP contribution < -0.4 is 9.47 Å². The summed E-state index contributed by atoms with van der Waals surface area (Å²) in [6.45, 7) is 2.70. The molecule has 0 spiro atoms. The van der Waals surface area contributed by atoms with Gasteiger partial charge in [0.2, 0.25) is 0 Å². The molecule has 0 saturated carbocycles. The molecule has 0 aromatic heterocycles. The van der Waals surface area contributed by atoms with Crippen LogP contribution >= 0.6 is 0 Å². The van der Waals surface area contributed by atoms with E-state index in [0.717, 1.165) is 23.5 Å². The van der Waals surface area contributed by atoms with Gasteiger partial charge in [-0.15, -0.1) is 0 Å². The maximum atomic E-state index is 11.7. The van der Waals surface area contributed by atoms with Crippen LogP contribution in [0.2, 0.25) is 0 Å². The summed E-state index contributed by atoms with van der Waals surface area (Å²) in [5.74, 6) is 1.61. The molecule has 0 heterocycles. The molecule has 3 aromatic rings. The zero-order valence-electron chi connectivity index (χ0n) is 17.6. The second-order valence-electron chi connectivity index (χ2n) is 6.62. The Bertz CT molecular complexity index is 1000. The topological polar surface area (TPSA) is 66.4 Å². The van der Waals surface area contributed by atoms with Crippen molar-refractivity contribution in [2.24, 2.45) is 5.16 Å². The van der Waals surface area contributed by atoms with E-state index in [1.165, 1.54) is 7.11 Å². The number of esters is 1. The summed E-state index contributed by atoms with van der Waals surface area (Å²) >= 11 is 0. The van der Waals surface area contributed by atoms with Gasteiger partial charge < -0.3 is 19.0 Å². The first-order chi connectivity index (χ1) is 15.2. The summed E-state index contributed by atoms with van der Waals surface area (Å²) in [6.07, 6.45) is 0.850. The van der Waals surface area contributed by atoms with E-state index in [2.05, 4.69) is 5.16 Å². The summed E-state index contributed by atoms with van der Waals surface area (Å²) in [4.78, 5) is 17.1. The number of hydrogen-bond acceptors (Lipinski definition) is 6. The van der Waals surface area contributed by atoms with Crippen LogP contribution in [0.15, 0.2) is 84.0 Å².